The van der Waals surface area contributed by atoms with Gasteiger partial charge in [-0.05, 0) is 54.8 Å². The van der Waals surface area contributed by atoms with Crippen LogP contribution in [0.25, 0.3) is 10.8 Å². The number of carboxylic acid groups (broad SMARTS) is 1. The molecule has 0 radical (unpaired) electrons. The van der Waals surface area contributed by atoms with E-state index in [0.717, 1.165) is 16.5 Å². The molecule has 0 bridgehead atoms. The lowest BCUT2D eigenvalue weighted by molar-refractivity contribution is -0.144. The average molecular weight is 387 g/mol. The molecule has 0 amide bonds. The molecule has 3 rings (SSSR count). The Morgan fingerprint density at radius 1 is 1.19 bits per heavy atom. The van der Waals surface area contributed by atoms with E-state index in [1.54, 1.807) is 19.2 Å². The lowest BCUT2D eigenvalue weighted by Crippen LogP contribution is -2.22. The number of fused-ring (bicyclic) bond motifs is 1. The van der Waals surface area contributed by atoms with Gasteiger partial charge in [-0.1, -0.05) is 17.7 Å². The summed E-state index contributed by atoms with van der Waals surface area (Å²) in [6, 6.07) is 14.6. The summed E-state index contributed by atoms with van der Waals surface area (Å²) in [6.45, 7) is 1.49. The number of carbonyl (C=O) groups is 1. The maximum Gasteiger partial charge on any atom is 0.344 e. The number of aromatic nitrogens is 1. The molecule has 27 heavy (non-hydrogen) atoms. The van der Waals surface area contributed by atoms with E-state index in [2.05, 4.69) is 4.98 Å². The number of benzene rings is 2. The summed E-state index contributed by atoms with van der Waals surface area (Å²) < 4.78 is 10.8. The molecule has 0 saturated carbocycles. The van der Waals surface area contributed by atoms with Crippen LogP contribution in [-0.4, -0.2) is 36.3 Å². The zero-order valence-corrected chi connectivity index (χ0v) is 15.9. The first-order valence-corrected chi connectivity index (χ1v) is 8.64. The van der Waals surface area contributed by atoms with E-state index in [1.807, 2.05) is 48.3 Å². The molecule has 6 nitrogen and oxygen atoms in total. The third kappa shape index (κ3) is 4.06. The highest BCUT2D eigenvalue weighted by molar-refractivity contribution is 6.31. The minimum absolute atomic E-state index is 0.487. The van der Waals surface area contributed by atoms with E-state index in [4.69, 9.17) is 26.2 Å². The van der Waals surface area contributed by atoms with Crippen LogP contribution in [0, 0.1) is 0 Å². The number of methoxy groups -OCH3 is 1. The van der Waals surface area contributed by atoms with E-state index >= 15 is 0 Å². The van der Waals surface area contributed by atoms with E-state index in [-0.39, 0.29) is 0 Å². The van der Waals surface area contributed by atoms with Crippen LogP contribution in [0.3, 0.4) is 0 Å². The summed E-state index contributed by atoms with van der Waals surface area (Å²) in [5.74, 6) is 0.672. The van der Waals surface area contributed by atoms with Crippen LogP contribution in [0.5, 0.6) is 11.6 Å². The van der Waals surface area contributed by atoms with Crippen LogP contribution in [0.15, 0.2) is 48.5 Å². The van der Waals surface area contributed by atoms with Crippen LogP contribution < -0.4 is 14.4 Å². The number of halogens is 1. The number of ether oxygens (including phenoxy) is 2. The predicted molar refractivity (Wildman–Crippen MR) is 106 cm³/mol. The van der Waals surface area contributed by atoms with Crippen molar-refractivity contribution < 1.29 is 19.4 Å². The molecule has 7 heteroatoms. The van der Waals surface area contributed by atoms with Gasteiger partial charge < -0.3 is 19.5 Å². The maximum absolute atomic E-state index is 10.9. The fourth-order valence-corrected chi connectivity index (χ4v) is 2.81. The highest BCUT2D eigenvalue weighted by Crippen LogP contribution is 2.32. The van der Waals surface area contributed by atoms with E-state index in [1.165, 1.54) is 6.92 Å². The first-order valence-electron chi connectivity index (χ1n) is 8.26. The monoisotopic (exact) mass is 386 g/mol. The second-order valence-electron chi connectivity index (χ2n) is 6.01. The smallest absolute Gasteiger partial charge is 0.344 e. The minimum Gasteiger partial charge on any atom is -0.480 e. The Kier molecular flexibility index (Phi) is 5.37. The molecule has 1 atom stereocenters. The van der Waals surface area contributed by atoms with Gasteiger partial charge in [0.1, 0.15) is 11.6 Å². The molecule has 1 N–H and O–H groups in total. The van der Waals surface area contributed by atoms with Crippen molar-refractivity contribution in [2.45, 2.75) is 13.0 Å². The third-order valence-corrected chi connectivity index (χ3v) is 4.40. The van der Waals surface area contributed by atoms with Gasteiger partial charge in [0.25, 0.3) is 0 Å². The Balaban J connectivity index is 1.90. The van der Waals surface area contributed by atoms with E-state index in [0.29, 0.717) is 22.5 Å². The summed E-state index contributed by atoms with van der Waals surface area (Å²) in [5, 5.41) is 11.3. The number of nitrogens with zero attached hydrogens (tertiary/aromatic N) is 2. The number of hydrogen-bond acceptors (Lipinski definition) is 5. The van der Waals surface area contributed by atoms with E-state index < -0.39 is 12.1 Å². The van der Waals surface area contributed by atoms with Gasteiger partial charge >= 0.3 is 5.97 Å². The summed E-state index contributed by atoms with van der Waals surface area (Å²) in [7, 11) is 3.46. The Hall–Kier alpha value is -2.99. The number of pyridine rings is 1. The zero-order chi connectivity index (χ0) is 19.6. The molecule has 0 saturated heterocycles. The normalized spacial score (nSPS) is 11.9. The lowest BCUT2D eigenvalue weighted by Gasteiger charge is -2.20. The quantitative estimate of drug-likeness (QED) is 0.671. The molecule has 0 aliphatic heterocycles. The molecule has 0 aliphatic rings. The van der Waals surface area contributed by atoms with Crippen molar-refractivity contribution in [3.05, 3.63) is 53.6 Å². The summed E-state index contributed by atoms with van der Waals surface area (Å²) in [6.07, 6.45) is -0.910. The molecular formula is C20H19ClN2O4. The third-order valence-electron chi connectivity index (χ3n) is 4.17. The maximum atomic E-state index is 10.9. The largest absolute Gasteiger partial charge is 0.480 e. The van der Waals surface area contributed by atoms with Crippen molar-refractivity contribution in [2.24, 2.45) is 0 Å². The summed E-state index contributed by atoms with van der Waals surface area (Å²) in [5.41, 5.74) is 0.869. The lowest BCUT2D eigenvalue weighted by atomic mass is 10.1. The second kappa shape index (κ2) is 7.72. The van der Waals surface area contributed by atoms with Gasteiger partial charge in [0, 0.05) is 23.1 Å². The number of aliphatic carboxylic acids is 1. The summed E-state index contributed by atoms with van der Waals surface area (Å²) >= 11 is 6.07. The van der Waals surface area contributed by atoms with Gasteiger partial charge in [0.15, 0.2) is 6.10 Å². The van der Waals surface area contributed by atoms with E-state index in [9.17, 15) is 4.79 Å². The number of hydrogen-bond donors (Lipinski definition) is 1. The van der Waals surface area contributed by atoms with Crippen LogP contribution >= 0.6 is 11.6 Å². The van der Waals surface area contributed by atoms with Gasteiger partial charge in [-0.2, -0.15) is 4.98 Å². The van der Waals surface area contributed by atoms with Crippen molar-refractivity contribution in [2.75, 3.05) is 19.1 Å². The topological polar surface area (TPSA) is 71.9 Å². The van der Waals surface area contributed by atoms with Gasteiger partial charge in [-0.25, -0.2) is 4.79 Å². The minimum atomic E-state index is -1.01. The first kappa shape index (κ1) is 18.8. The Morgan fingerprint density at radius 2 is 1.89 bits per heavy atom. The van der Waals surface area contributed by atoms with Crippen LogP contribution in [0.1, 0.15) is 6.92 Å². The number of carboxylic acids is 1. The molecule has 1 unspecified atom stereocenters. The highest BCUT2D eigenvalue weighted by atomic mass is 35.5. The molecule has 0 fully saturated rings. The molecule has 2 aromatic carbocycles. The van der Waals surface area contributed by atoms with Crippen LogP contribution in [0.2, 0.25) is 5.02 Å². The van der Waals surface area contributed by atoms with Crippen molar-refractivity contribution in [3.8, 4) is 11.6 Å². The van der Waals surface area contributed by atoms with Crippen molar-refractivity contribution in [1.29, 1.82) is 0 Å². The van der Waals surface area contributed by atoms with Gasteiger partial charge in [0.05, 0.1) is 7.11 Å². The molecule has 140 valence electrons. The van der Waals surface area contributed by atoms with Gasteiger partial charge in [-0.15, -0.1) is 0 Å². The molecular weight excluding hydrogens is 368 g/mol. The SMILES string of the molecule is COc1nc(N(C)c2ccc(OC(C)C(=O)O)cc2)cc2ccc(Cl)cc12. The second-order valence-corrected chi connectivity index (χ2v) is 6.44. The van der Waals surface area contributed by atoms with Gasteiger partial charge in [0.2, 0.25) is 5.88 Å². The molecule has 1 aromatic heterocycles. The zero-order valence-electron chi connectivity index (χ0n) is 15.1. The molecule has 3 aromatic rings. The van der Waals surface area contributed by atoms with Crippen LogP contribution in [-0.2, 0) is 4.79 Å². The van der Waals surface area contributed by atoms with Crippen molar-refractivity contribution in [1.82, 2.24) is 4.98 Å². The average Bonchev–Trinajstić information content (AvgIpc) is 2.67. The molecule has 1 heterocycles. The highest BCUT2D eigenvalue weighted by Gasteiger charge is 2.14. The Bertz CT molecular complexity index is 976. The van der Waals surface area contributed by atoms with Crippen molar-refractivity contribution in [3.63, 3.8) is 0 Å². The standard InChI is InChI=1S/C20H19ClN2O4/c1-12(20(24)25)27-16-8-6-15(7-9-16)23(2)18-10-13-4-5-14(21)11-17(13)19(22-18)26-3/h4-12H,1-3H3,(H,24,25). The van der Waals surface area contributed by atoms with Crippen LogP contribution in [0.4, 0.5) is 11.5 Å². The van der Waals surface area contributed by atoms with Crippen molar-refractivity contribution >= 4 is 39.8 Å². The molecule has 0 spiro atoms. The molecule has 0 aliphatic carbocycles. The fraction of sp³-hybridized carbons (Fsp3) is 0.200. The summed E-state index contributed by atoms with van der Waals surface area (Å²) in [4.78, 5) is 17.4. The number of anilines is 2. The predicted octanol–water partition coefficient (Wildman–Crippen LogP) is 4.52. The Labute approximate surface area is 161 Å². The number of rotatable bonds is 6. The fourth-order valence-electron chi connectivity index (χ4n) is 2.64. The Morgan fingerprint density at radius 3 is 2.52 bits per heavy atom. The van der Waals surface area contributed by atoms with Gasteiger partial charge in [-0.3, -0.25) is 0 Å². The first-order chi connectivity index (χ1) is 12.9.